The van der Waals surface area contributed by atoms with Crippen LogP contribution >= 0.6 is 11.6 Å². The number of amides is 1. The van der Waals surface area contributed by atoms with Gasteiger partial charge in [0.2, 0.25) is 5.91 Å². The van der Waals surface area contributed by atoms with Crippen LogP contribution in [0.4, 0.5) is 5.69 Å². The van der Waals surface area contributed by atoms with Crippen LogP contribution in [0.25, 0.3) is 5.57 Å². The van der Waals surface area contributed by atoms with Gasteiger partial charge in [-0.1, -0.05) is 48.5 Å². The zero-order valence-electron chi connectivity index (χ0n) is 18.0. The number of carbonyl (C=O) groups excluding carboxylic acids is 1. The van der Waals surface area contributed by atoms with E-state index in [-0.39, 0.29) is 11.7 Å². The van der Waals surface area contributed by atoms with Gasteiger partial charge >= 0.3 is 0 Å². The van der Waals surface area contributed by atoms with Crippen molar-refractivity contribution in [3.05, 3.63) is 100 Å². The third-order valence-corrected chi connectivity index (χ3v) is 5.77. The summed E-state index contributed by atoms with van der Waals surface area (Å²) in [6.07, 6.45) is 0.451. The second-order valence-corrected chi connectivity index (χ2v) is 8.25. The van der Waals surface area contributed by atoms with Gasteiger partial charge in [0.05, 0.1) is 11.7 Å². The maximum Gasteiger partial charge on any atom is 0.243 e. The highest BCUT2D eigenvalue weighted by Crippen LogP contribution is 2.33. The molecule has 0 aliphatic rings. The van der Waals surface area contributed by atoms with Gasteiger partial charge in [0.25, 0.3) is 0 Å². The van der Waals surface area contributed by atoms with Crippen molar-refractivity contribution in [3.8, 4) is 5.75 Å². The monoisotopic (exact) mass is 434 g/mol. The normalized spacial score (nSPS) is 11.8. The minimum Gasteiger partial charge on any atom is -0.508 e. The van der Waals surface area contributed by atoms with Crippen molar-refractivity contribution >= 4 is 28.8 Å². The van der Waals surface area contributed by atoms with E-state index in [1.54, 1.807) is 54.4 Å². The molecule has 0 aliphatic carbocycles. The maximum atomic E-state index is 13.1. The molecule has 0 aliphatic heterocycles. The summed E-state index contributed by atoms with van der Waals surface area (Å²) >= 11 is 6.25. The quantitative estimate of drug-likeness (QED) is 0.556. The van der Waals surface area contributed by atoms with E-state index in [1.165, 1.54) is 11.1 Å². The van der Waals surface area contributed by atoms with Crippen LogP contribution in [0.3, 0.4) is 0 Å². The number of aromatic hydroxyl groups is 1. The van der Waals surface area contributed by atoms with E-state index in [1.807, 2.05) is 19.1 Å². The number of aryl methyl sites for hydroxylation is 2. The van der Waals surface area contributed by atoms with Crippen molar-refractivity contribution in [1.82, 2.24) is 0 Å². The van der Waals surface area contributed by atoms with Crippen LogP contribution in [0.15, 0.2) is 67.2 Å². The van der Waals surface area contributed by atoms with E-state index < -0.39 is 6.04 Å². The Morgan fingerprint density at radius 3 is 2.39 bits per heavy atom. The Labute approximate surface area is 188 Å². The van der Waals surface area contributed by atoms with Gasteiger partial charge in [0.15, 0.2) is 0 Å². The molecule has 0 saturated carbocycles. The van der Waals surface area contributed by atoms with Crippen molar-refractivity contribution in [2.24, 2.45) is 5.73 Å². The van der Waals surface area contributed by atoms with E-state index in [9.17, 15) is 9.90 Å². The molecule has 0 aromatic heterocycles. The number of carbonyl (C=O) groups is 1. The molecular weight excluding hydrogens is 408 g/mol. The second-order valence-electron chi connectivity index (χ2n) is 7.81. The average molecular weight is 435 g/mol. The number of hydrogen-bond donors (Lipinski definition) is 2. The Balaban J connectivity index is 1.87. The van der Waals surface area contributed by atoms with Crippen LogP contribution < -0.4 is 10.6 Å². The zero-order chi connectivity index (χ0) is 22.7. The number of halogens is 1. The predicted octanol–water partition coefficient (Wildman–Crippen LogP) is 5.26. The van der Waals surface area contributed by atoms with Crippen LogP contribution in [-0.4, -0.2) is 24.1 Å². The van der Waals surface area contributed by atoms with Crippen LogP contribution in [0.5, 0.6) is 5.75 Å². The van der Waals surface area contributed by atoms with E-state index >= 15 is 0 Å². The first kappa shape index (κ1) is 22.6. The number of anilines is 1. The fraction of sp³-hybridized carbons (Fsp3) is 0.192. The molecule has 31 heavy (non-hydrogen) atoms. The van der Waals surface area contributed by atoms with Gasteiger partial charge in [-0.3, -0.25) is 4.79 Å². The van der Waals surface area contributed by atoms with E-state index in [4.69, 9.17) is 17.3 Å². The molecule has 3 rings (SSSR count). The van der Waals surface area contributed by atoms with Gasteiger partial charge in [-0.25, -0.2) is 0 Å². The van der Waals surface area contributed by atoms with E-state index in [0.717, 1.165) is 16.7 Å². The average Bonchev–Trinajstić information content (AvgIpc) is 2.75. The van der Waals surface area contributed by atoms with Crippen LogP contribution in [-0.2, 0) is 11.2 Å². The summed E-state index contributed by atoms with van der Waals surface area (Å²) in [6.45, 7) is 8.29. The van der Waals surface area contributed by atoms with Gasteiger partial charge in [-0.2, -0.15) is 0 Å². The first-order valence-electron chi connectivity index (χ1n) is 10.0. The lowest BCUT2D eigenvalue weighted by Gasteiger charge is -2.25. The molecule has 3 aromatic rings. The molecule has 0 saturated heterocycles. The van der Waals surface area contributed by atoms with Gasteiger partial charge < -0.3 is 15.7 Å². The van der Waals surface area contributed by atoms with Crippen molar-refractivity contribution in [3.63, 3.8) is 0 Å². The van der Waals surface area contributed by atoms with Gasteiger partial charge in [0, 0.05) is 17.6 Å². The molecule has 4 nitrogen and oxygen atoms in total. The molecule has 1 amide bonds. The Kier molecular flexibility index (Phi) is 6.84. The Hall–Kier alpha value is -3.08. The molecule has 0 bridgehead atoms. The van der Waals surface area contributed by atoms with E-state index in [0.29, 0.717) is 22.7 Å². The fourth-order valence-corrected chi connectivity index (χ4v) is 3.67. The third kappa shape index (κ3) is 5.16. The number of likely N-dealkylation sites (N-methyl/N-ethyl adjacent to an activating group) is 1. The summed E-state index contributed by atoms with van der Waals surface area (Å²) in [5, 5.41) is 10.1. The largest absolute Gasteiger partial charge is 0.508 e. The summed E-state index contributed by atoms with van der Waals surface area (Å²) in [4.78, 5) is 14.7. The molecule has 5 heteroatoms. The number of nitrogens with two attached hydrogens (primary N) is 1. The summed E-state index contributed by atoms with van der Waals surface area (Å²) in [7, 11) is 1.71. The first-order valence-corrected chi connectivity index (χ1v) is 10.4. The highest BCUT2D eigenvalue weighted by atomic mass is 35.5. The Morgan fingerprint density at radius 2 is 1.74 bits per heavy atom. The number of phenols is 1. The molecule has 3 N–H and O–H groups in total. The zero-order valence-corrected chi connectivity index (χ0v) is 18.8. The van der Waals surface area contributed by atoms with Crippen LogP contribution in [0.2, 0.25) is 5.02 Å². The summed E-state index contributed by atoms with van der Waals surface area (Å²) < 4.78 is 0. The summed E-state index contributed by atoms with van der Waals surface area (Å²) in [6, 6.07) is 17.5. The molecule has 3 aromatic carbocycles. The predicted molar refractivity (Wildman–Crippen MR) is 129 cm³/mol. The smallest absolute Gasteiger partial charge is 0.243 e. The molecule has 0 fully saturated rings. The molecule has 0 radical (unpaired) electrons. The maximum absolute atomic E-state index is 13.1. The fourth-order valence-electron chi connectivity index (χ4n) is 3.50. The van der Waals surface area contributed by atoms with Crippen LogP contribution in [0, 0.1) is 13.8 Å². The number of nitrogens with zero attached hydrogens (tertiary/aromatic N) is 1. The number of hydrogen-bond acceptors (Lipinski definition) is 3. The number of benzene rings is 3. The topological polar surface area (TPSA) is 66.6 Å². The lowest BCUT2D eigenvalue weighted by molar-refractivity contribution is -0.119. The Morgan fingerprint density at radius 1 is 1.06 bits per heavy atom. The summed E-state index contributed by atoms with van der Waals surface area (Å²) in [5.41, 5.74) is 12.6. The number of rotatable bonds is 6. The minimum atomic E-state index is -0.683. The lowest BCUT2D eigenvalue weighted by Crippen LogP contribution is -2.43. The van der Waals surface area contributed by atoms with Gasteiger partial charge in [-0.05, 0) is 78.4 Å². The van der Waals surface area contributed by atoms with Crippen molar-refractivity contribution < 1.29 is 9.90 Å². The van der Waals surface area contributed by atoms with Gasteiger partial charge in [-0.15, -0.1) is 0 Å². The number of phenolic OH excluding ortho intramolecular Hbond substituents is 1. The lowest BCUT2D eigenvalue weighted by atomic mass is 9.96. The van der Waals surface area contributed by atoms with Crippen molar-refractivity contribution in [2.45, 2.75) is 26.3 Å². The standard InChI is InChI=1S/C26H27ClN2O2/c1-16-5-6-19(13-17(16)2)14-24(28)26(31)29(4)25-12-9-21(27)15-23(25)18(3)20-7-10-22(30)11-8-20/h5-13,15,24,30H,3,14,28H2,1-2,4H3. The first-order chi connectivity index (χ1) is 14.7. The third-order valence-electron chi connectivity index (χ3n) is 5.54. The minimum absolute atomic E-state index is 0.174. The van der Waals surface area contributed by atoms with Crippen molar-refractivity contribution in [1.29, 1.82) is 0 Å². The molecule has 1 unspecified atom stereocenters. The van der Waals surface area contributed by atoms with E-state index in [2.05, 4.69) is 19.6 Å². The molecule has 1 atom stereocenters. The van der Waals surface area contributed by atoms with Gasteiger partial charge in [0.1, 0.15) is 5.75 Å². The molecule has 0 spiro atoms. The molecule has 160 valence electrons. The highest BCUT2D eigenvalue weighted by Gasteiger charge is 2.23. The Bertz CT molecular complexity index is 1120. The highest BCUT2D eigenvalue weighted by molar-refractivity contribution is 6.31. The SMILES string of the molecule is C=C(c1ccc(O)cc1)c1cc(Cl)ccc1N(C)C(=O)C(N)Cc1ccc(C)c(C)c1. The van der Waals surface area contributed by atoms with Crippen LogP contribution in [0.1, 0.15) is 27.8 Å². The second kappa shape index (κ2) is 9.38. The summed E-state index contributed by atoms with van der Waals surface area (Å²) in [5.74, 6) is -0.0206. The van der Waals surface area contributed by atoms with Crippen molar-refractivity contribution in [2.75, 3.05) is 11.9 Å². The molecular formula is C26H27ClN2O2. The molecule has 0 heterocycles.